The van der Waals surface area contributed by atoms with E-state index in [1.54, 1.807) is 36.4 Å². The molecule has 0 saturated heterocycles. The van der Waals surface area contributed by atoms with E-state index in [-0.39, 0.29) is 17.3 Å². The van der Waals surface area contributed by atoms with Crippen molar-refractivity contribution in [3.8, 4) is 11.5 Å². The summed E-state index contributed by atoms with van der Waals surface area (Å²) in [7, 11) is 0. The summed E-state index contributed by atoms with van der Waals surface area (Å²) in [4.78, 5) is 23.1. The Kier molecular flexibility index (Phi) is 6.29. The number of nitro groups is 1. The lowest BCUT2D eigenvalue weighted by Crippen LogP contribution is -2.13. The normalized spacial score (nSPS) is 10.3. The summed E-state index contributed by atoms with van der Waals surface area (Å²) in [5.74, 6) is 1.50. The van der Waals surface area contributed by atoms with E-state index in [1.807, 2.05) is 31.2 Å². The first-order valence-corrected chi connectivity index (χ1v) is 9.50. The van der Waals surface area contributed by atoms with Crippen molar-refractivity contribution in [1.29, 1.82) is 0 Å². The molecular formula is C21H18N2O4S. The van der Waals surface area contributed by atoms with E-state index in [0.717, 1.165) is 16.2 Å². The molecule has 6 nitrogen and oxygen atoms in total. The Labute approximate surface area is 166 Å². The molecule has 3 rings (SSSR count). The first kappa shape index (κ1) is 19.4. The van der Waals surface area contributed by atoms with Gasteiger partial charge in [0.1, 0.15) is 11.5 Å². The van der Waals surface area contributed by atoms with Crippen LogP contribution in [0.15, 0.2) is 77.7 Å². The predicted molar refractivity (Wildman–Crippen MR) is 110 cm³/mol. The van der Waals surface area contributed by atoms with Crippen molar-refractivity contribution in [3.63, 3.8) is 0 Å². The quantitative estimate of drug-likeness (QED) is 0.328. The third-order valence-corrected chi connectivity index (χ3v) is 4.79. The Bertz CT molecular complexity index is 972. The molecule has 0 aliphatic carbocycles. The summed E-state index contributed by atoms with van der Waals surface area (Å²) in [6.07, 6.45) is 0. The van der Waals surface area contributed by atoms with Crippen LogP contribution in [0, 0.1) is 17.0 Å². The fourth-order valence-electron chi connectivity index (χ4n) is 2.43. The summed E-state index contributed by atoms with van der Waals surface area (Å²) in [6, 6.07) is 21.0. The zero-order chi connectivity index (χ0) is 19.9. The molecule has 0 aliphatic rings. The van der Waals surface area contributed by atoms with Crippen molar-refractivity contribution in [2.75, 3.05) is 11.1 Å². The van der Waals surface area contributed by atoms with Gasteiger partial charge >= 0.3 is 0 Å². The number of hydrogen-bond donors (Lipinski definition) is 1. The molecule has 0 atom stereocenters. The minimum Gasteiger partial charge on any atom is -0.457 e. The number of thioether (sulfide) groups is 1. The number of ether oxygens (including phenoxy) is 1. The van der Waals surface area contributed by atoms with Crippen LogP contribution >= 0.6 is 11.8 Å². The molecule has 0 heterocycles. The SMILES string of the molecule is Cc1cccc(Oc2ccc(NC(=O)CSc3ccc([N+](=O)[O-])cc3)cc2)c1. The van der Waals surface area contributed by atoms with Crippen LogP contribution in [0.5, 0.6) is 11.5 Å². The maximum atomic E-state index is 12.1. The smallest absolute Gasteiger partial charge is 0.269 e. The highest BCUT2D eigenvalue weighted by molar-refractivity contribution is 8.00. The van der Waals surface area contributed by atoms with Gasteiger partial charge < -0.3 is 10.1 Å². The van der Waals surface area contributed by atoms with E-state index in [1.165, 1.54) is 23.9 Å². The van der Waals surface area contributed by atoms with E-state index in [2.05, 4.69) is 5.32 Å². The minimum absolute atomic E-state index is 0.0294. The average molecular weight is 394 g/mol. The number of benzene rings is 3. The number of amides is 1. The highest BCUT2D eigenvalue weighted by atomic mass is 32.2. The molecule has 0 aromatic heterocycles. The van der Waals surface area contributed by atoms with Gasteiger partial charge in [-0.25, -0.2) is 0 Å². The third-order valence-electron chi connectivity index (χ3n) is 3.78. The summed E-state index contributed by atoms with van der Waals surface area (Å²) >= 11 is 1.32. The molecule has 0 radical (unpaired) electrons. The number of nitro benzene ring substituents is 1. The number of non-ortho nitro benzene ring substituents is 1. The van der Waals surface area contributed by atoms with Crippen LogP contribution in [0.2, 0.25) is 0 Å². The van der Waals surface area contributed by atoms with Crippen molar-refractivity contribution < 1.29 is 14.5 Å². The molecule has 3 aromatic rings. The standard InChI is InChI=1S/C21H18N2O4S/c1-15-3-2-4-19(13-15)27-18-9-5-16(6-10-18)22-21(24)14-28-20-11-7-17(8-12-20)23(25)26/h2-13H,14H2,1H3,(H,22,24). The van der Waals surface area contributed by atoms with Crippen LogP contribution in [0.3, 0.4) is 0 Å². The third kappa shape index (κ3) is 5.59. The number of hydrogen-bond acceptors (Lipinski definition) is 5. The second-order valence-electron chi connectivity index (χ2n) is 6.03. The molecule has 0 saturated carbocycles. The van der Waals surface area contributed by atoms with Gasteiger partial charge in [0.2, 0.25) is 5.91 Å². The van der Waals surface area contributed by atoms with Crippen LogP contribution in [-0.4, -0.2) is 16.6 Å². The number of nitrogens with zero attached hydrogens (tertiary/aromatic N) is 1. The Morgan fingerprint density at radius 1 is 1.04 bits per heavy atom. The van der Waals surface area contributed by atoms with Crippen LogP contribution < -0.4 is 10.1 Å². The summed E-state index contributed by atoms with van der Waals surface area (Å²) < 4.78 is 5.79. The zero-order valence-corrected chi connectivity index (χ0v) is 15.9. The molecule has 7 heteroatoms. The lowest BCUT2D eigenvalue weighted by atomic mass is 10.2. The van der Waals surface area contributed by atoms with Crippen LogP contribution in [0.25, 0.3) is 0 Å². The zero-order valence-electron chi connectivity index (χ0n) is 15.1. The van der Waals surface area contributed by atoms with E-state index < -0.39 is 4.92 Å². The van der Waals surface area contributed by atoms with Gasteiger partial charge in [-0.15, -0.1) is 11.8 Å². The summed E-state index contributed by atoms with van der Waals surface area (Å²) in [6.45, 7) is 2.00. The largest absolute Gasteiger partial charge is 0.457 e. The lowest BCUT2D eigenvalue weighted by Gasteiger charge is -2.08. The van der Waals surface area contributed by atoms with Crippen LogP contribution in [0.4, 0.5) is 11.4 Å². The second-order valence-corrected chi connectivity index (χ2v) is 7.08. The first-order chi connectivity index (χ1) is 13.5. The van der Waals surface area contributed by atoms with Gasteiger partial charge in [-0.1, -0.05) is 12.1 Å². The monoisotopic (exact) mass is 394 g/mol. The Balaban J connectivity index is 1.50. The van der Waals surface area contributed by atoms with Crippen molar-refractivity contribution in [3.05, 3.63) is 88.5 Å². The molecule has 0 bridgehead atoms. The maximum Gasteiger partial charge on any atom is 0.269 e. The molecule has 3 aromatic carbocycles. The van der Waals surface area contributed by atoms with Crippen LogP contribution in [-0.2, 0) is 4.79 Å². The maximum absolute atomic E-state index is 12.1. The number of rotatable bonds is 7. The fraction of sp³-hybridized carbons (Fsp3) is 0.0952. The average Bonchev–Trinajstić information content (AvgIpc) is 2.68. The fourth-order valence-corrected chi connectivity index (χ4v) is 3.13. The number of carbonyl (C=O) groups is 1. The Morgan fingerprint density at radius 3 is 2.39 bits per heavy atom. The number of aryl methyl sites for hydroxylation is 1. The highest BCUT2D eigenvalue weighted by Gasteiger charge is 2.07. The number of nitrogens with one attached hydrogen (secondary N) is 1. The topological polar surface area (TPSA) is 81.5 Å². The van der Waals surface area contributed by atoms with Gasteiger partial charge in [0.05, 0.1) is 10.7 Å². The van der Waals surface area contributed by atoms with Gasteiger partial charge in [0.25, 0.3) is 5.69 Å². The molecule has 142 valence electrons. The Morgan fingerprint density at radius 2 is 1.75 bits per heavy atom. The Hall–Kier alpha value is -3.32. The molecular weight excluding hydrogens is 376 g/mol. The molecule has 1 N–H and O–H groups in total. The summed E-state index contributed by atoms with van der Waals surface area (Å²) in [5.41, 5.74) is 1.82. The lowest BCUT2D eigenvalue weighted by molar-refractivity contribution is -0.384. The second kappa shape index (κ2) is 9.05. The van der Waals surface area contributed by atoms with Gasteiger partial charge in [-0.2, -0.15) is 0 Å². The van der Waals surface area contributed by atoms with Crippen molar-refractivity contribution in [1.82, 2.24) is 0 Å². The van der Waals surface area contributed by atoms with Gasteiger partial charge in [0, 0.05) is 22.7 Å². The highest BCUT2D eigenvalue weighted by Crippen LogP contribution is 2.24. The van der Waals surface area contributed by atoms with Gasteiger partial charge in [0.15, 0.2) is 0 Å². The molecule has 0 aliphatic heterocycles. The van der Waals surface area contributed by atoms with Crippen molar-refractivity contribution in [2.45, 2.75) is 11.8 Å². The van der Waals surface area contributed by atoms with Gasteiger partial charge in [-0.3, -0.25) is 14.9 Å². The molecule has 0 fully saturated rings. The predicted octanol–water partition coefficient (Wildman–Crippen LogP) is 5.43. The number of anilines is 1. The van der Waals surface area contributed by atoms with E-state index in [0.29, 0.717) is 11.4 Å². The van der Waals surface area contributed by atoms with Crippen LogP contribution in [0.1, 0.15) is 5.56 Å². The van der Waals surface area contributed by atoms with E-state index in [4.69, 9.17) is 4.74 Å². The first-order valence-electron chi connectivity index (χ1n) is 8.51. The molecule has 28 heavy (non-hydrogen) atoms. The van der Waals surface area contributed by atoms with Crippen molar-refractivity contribution >= 4 is 29.0 Å². The van der Waals surface area contributed by atoms with E-state index >= 15 is 0 Å². The molecule has 1 amide bonds. The van der Waals surface area contributed by atoms with E-state index in [9.17, 15) is 14.9 Å². The minimum atomic E-state index is -0.451. The molecule has 0 spiro atoms. The van der Waals surface area contributed by atoms with Crippen molar-refractivity contribution in [2.24, 2.45) is 0 Å². The van der Waals surface area contributed by atoms with Gasteiger partial charge in [-0.05, 0) is 61.0 Å². The molecule has 0 unspecified atom stereocenters. The summed E-state index contributed by atoms with van der Waals surface area (Å²) in [5, 5.41) is 13.5. The number of carbonyl (C=O) groups excluding carboxylic acids is 1.